The normalized spacial score (nSPS) is 18.1. The Kier molecular flexibility index (Phi) is 5.24. The van der Waals surface area contributed by atoms with E-state index in [0.717, 1.165) is 39.0 Å². The first-order chi connectivity index (χ1) is 9.62. The molecule has 0 radical (unpaired) electrons. The average molecular weight is 278 g/mol. The first-order valence-electron chi connectivity index (χ1n) is 7.60. The molecule has 20 heavy (non-hydrogen) atoms. The minimum absolute atomic E-state index is 0.107. The van der Waals surface area contributed by atoms with Crippen LogP contribution in [0, 0.1) is 5.92 Å². The molecule has 1 amide bonds. The molecule has 0 spiro atoms. The van der Waals surface area contributed by atoms with Gasteiger partial charge in [0, 0.05) is 32.2 Å². The third kappa shape index (κ3) is 3.85. The summed E-state index contributed by atoms with van der Waals surface area (Å²) in [6.07, 6.45) is 7.51. The summed E-state index contributed by atoms with van der Waals surface area (Å²) < 4.78 is 7.66. The van der Waals surface area contributed by atoms with Gasteiger partial charge in [-0.05, 0) is 37.3 Å². The molecule has 0 bridgehead atoms. The van der Waals surface area contributed by atoms with Crippen LogP contribution in [0.5, 0.6) is 0 Å². The summed E-state index contributed by atoms with van der Waals surface area (Å²) in [4.78, 5) is 12.2. The zero-order valence-electron chi connectivity index (χ0n) is 12.6. The standard InChI is InChI=1S/C16H26N2O2/c1-14(2)5-8-17-15(19)13-16(6-11-20-12-7-16)18-9-3-4-10-18/h3-4,9-10,14H,5-8,11-13H2,1-2H3,(H,17,19). The molecule has 1 aliphatic rings. The van der Waals surface area contributed by atoms with E-state index in [-0.39, 0.29) is 11.4 Å². The first kappa shape index (κ1) is 15.1. The SMILES string of the molecule is CC(C)CCNC(=O)CC1(n2cccc2)CCOCC1. The Morgan fingerprint density at radius 2 is 1.95 bits per heavy atom. The molecule has 0 saturated carbocycles. The number of hydrogen-bond donors (Lipinski definition) is 1. The van der Waals surface area contributed by atoms with Crippen molar-refractivity contribution >= 4 is 5.91 Å². The van der Waals surface area contributed by atoms with Crippen LogP contribution in [0.3, 0.4) is 0 Å². The van der Waals surface area contributed by atoms with Crippen LogP contribution in [0.15, 0.2) is 24.5 Å². The van der Waals surface area contributed by atoms with Crippen LogP contribution in [-0.4, -0.2) is 30.2 Å². The number of nitrogens with zero attached hydrogens (tertiary/aromatic N) is 1. The second kappa shape index (κ2) is 6.93. The molecule has 1 fully saturated rings. The lowest BCUT2D eigenvalue weighted by molar-refractivity contribution is -0.124. The largest absolute Gasteiger partial charge is 0.381 e. The van der Waals surface area contributed by atoms with Crippen molar-refractivity contribution in [2.75, 3.05) is 19.8 Å². The number of hydrogen-bond acceptors (Lipinski definition) is 2. The fraction of sp³-hybridized carbons (Fsp3) is 0.688. The zero-order valence-corrected chi connectivity index (χ0v) is 12.6. The van der Waals surface area contributed by atoms with E-state index in [0.29, 0.717) is 12.3 Å². The van der Waals surface area contributed by atoms with E-state index in [1.165, 1.54) is 0 Å². The molecule has 0 aliphatic carbocycles. The van der Waals surface area contributed by atoms with Gasteiger partial charge in [0.1, 0.15) is 0 Å². The Morgan fingerprint density at radius 3 is 2.55 bits per heavy atom. The summed E-state index contributed by atoms with van der Waals surface area (Å²) in [7, 11) is 0. The lowest BCUT2D eigenvalue weighted by Gasteiger charge is -2.38. The highest BCUT2D eigenvalue weighted by Gasteiger charge is 2.35. The summed E-state index contributed by atoms with van der Waals surface area (Å²) >= 11 is 0. The van der Waals surface area contributed by atoms with Gasteiger partial charge in [-0.3, -0.25) is 4.79 Å². The highest BCUT2D eigenvalue weighted by Crippen LogP contribution is 2.32. The maximum atomic E-state index is 12.2. The predicted octanol–water partition coefficient (Wildman–Crippen LogP) is 2.55. The summed E-state index contributed by atoms with van der Waals surface area (Å²) in [5, 5.41) is 3.05. The summed E-state index contributed by atoms with van der Waals surface area (Å²) in [6, 6.07) is 4.04. The molecule has 2 heterocycles. The number of rotatable bonds is 6. The maximum Gasteiger partial charge on any atom is 0.222 e. The van der Waals surface area contributed by atoms with Crippen molar-refractivity contribution < 1.29 is 9.53 Å². The fourth-order valence-corrected chi connectivity index (χ4v) is 2.79. The summed E-state index contributed by atoms with van der Waals surface area (Å²) in [5.41, 5.74) is -0.107. The van der Waals surface area contributed by atoms with Crippen LogP contribution < -0.4 is 5.32 Å². The van der Waals surface area contributed by atoms with E-state index >= 15 is 0 Å². The van der Waals surface area contributed by atoms with E-state index < -0.39 is 0 Å². The summed E-state index contributed by atoms with van der Waals surface area (Å²) in [5.74, 6) is 0.776. The molecule has 1 aromatic heterocycles. The Hall–Kier alpha value is -1.29. The topological polar surface area (TPSA) is 43.3 Å². The van der Waals surface area contributed by atoms with E-state index in [1.807, 2.05) is 12.1 Å². The van der Waals surface area contributed by atoms with Crippen LogP contribution in [-0.2, 0) is 15.1 Å². The Bertz CT molecular complexity index is 406. The molecule has 4 nitrogen and oxygen atoms in total. The zero-order chi connectivity index (χ0) is 14.4. The molecule has 2 rings (SSSR count). The quantitative estimate of drug-likeness (QED) is 0.869. The van der Waals surface area contributed by atoms with Crippen molar-refractivity contribution in [2.24, 2.45) is 5.92 Å². The van der Waals surface area contributed by atoms with Crippen molar-refractivity contribution in [1.29, 1.82) is 0 Å². The maximum absolute atomic E-state index is 12.2. The highest BCUT2D eigenvalue weighted by molar-refractivity contribution is 5.77. The second-order valence-corrected chi connectivity index (χ2v) is 6.14. The van der Waals surface area contributed by atoms with Gasteiger partial charge in [-0.15, -0.1) is 0 Å². The van der Waals surface area contributed by atoms with Crippen molar-refractivity contribution in [3.63, 3.8) is 0 Å². The van der Waals surface area contributed by atoms with Crippen molar-refractivity contribution in [2.45, 2.75) is 45.1 Å². The molecule has 1 saturated heterocycles. The Morgan fingerprint density at radius 1 is 1.30 bits per heavy atom. The minimum atomic E-state index is -0.107. The van der Waals surface area contributed by atoms with E-state index in [4.69, 9.17) is 4.74 Å². The predicted molar refractivity (Wildman–Crippen MR) is 79.5 cm³/mol. The lowest BCUT2D eigenvalue weighted by Crippen LogP contribution is -2.43. The van der Waals surface area contributed by atoms with Crippen molar-refractivity contribution in [3.8, 4) is 0 Å². The van der Waals surface area contributed by atoms with E-state index in [2.05, 4.69) is 36.1 Å². The number of carbonyl (C=O) groups is 1. The van der Waals surface area contributed by atoms with Crippen molar-refractivity contribution in [3.05, 3.63) is 24.5 Å². The molecule has 1 aliphatic heterocycles. The number of ether oxygens (including phenoxy) is 1. The van der Waals surface area contributed by atoms with Gasteiger partial charge in [0.05, 0.1) is 12.0 Å². The number of nitrogens with one attached hydrogen (secondary N) is 1. The van der Waals surface area contributed by atoms with Crippen molar-refractivity contribution in [1.82, 2.24) is 9.88 Å². The highest BCUT2D eigenvalue weighted by atomic mass is 16.5. The summed E-state index contributed by atoms with van der Waals surface area (Å²) in [6.45, 7) is 6.58. The number of carbonyl (C=O) groups excluding carboxylic acids is 1. The molecule has 1 aromatic rings. The lowest BCUT2D eigenvalue weighted by atomic mass is 9.86. The van der Waals surface area contributed by atoms with Gasteiger partial charge >= 0.3 is 0 Å². The van der Waals surface area contributed by atoms with Crippen LogP contribution in [0.25, 0.3) is 0 Å². The third-order valence-corrected chi connectivity index (χ3v) is 4.11. The van der Waals surface area contributed by atoms with Crippen LogP contribution >= 0.6 is 0 Å². The average Bonchev–Trinajstić information content (AvgIpc) is 2.93. The molecule has 0 atom stereocenters. The second-order valence-electron chi connectivity index (χ2n) is 6.14. The molecule has 1 N–H and O–H groups in total. The molecule has 0 unspecified atom stereocenters. The molecular formula is C16H26N2O2. The smallest absolute Gasteiger partial charge is 0.222 e. The Balaban J connectivity index is 1.96. The molecular weight excluding hydrogens is 252 g/mol. The molecule has 112 valence electrons. The number of aromatic nitrogens is 1. The van der Waals surface area contributed by atoms with Gasteiger partial charge in [-0.1, -0.05) is 13.8 Å². The van der Waals surface area contributed by atoms with Crippen LogP contribution in [0.2, 0.25) is 0 Å². The van der Waals surface area contributed by atoms with Gasteiger partial charge in [0.25, 0.3) is 0 Å². The van der Waals surface area contributed by atoms with Crippen LogP contribution in [0.1, 0.15) is 39.5 Å². The van der Waals surface area contributed by atoms with Gasteiger partial charge in [-0.2, -0.15) is 0 Å². The molecule has 4 heteroatoms. The molecule has 0 aromatic carbocycles. The third-order valence-electron chi connectivity index (χ3n) is 4.11. The van der Waals surface area contributed by atoms with E-state index in [9.17, 15) is 4.79 Å². The van der Waals surface area contributed by atoms with Crippen LogP contribution in [0.4, 0.5) is 0 Å². The monoisotopic (exact) mass is 278 g/mol. The first-order valence-corrected chi connectivity index (χ1v) is 7.60. The number of amides is 1. The van der Waals surface area contributed by atoms with Gasteiger partial charge < -0.3 is 14.6 Å². The van der Waals surface area contributed by atoms with Gasteiger partial charge in [0.15, 0.2) is 0 Å². The Labute approximate surface area is 121 Å². The minimum Gasteiger partial charge on any atom is -0.381 e. The van der Waals surface area contributed by atoms with E-state index in [1.54, 1.807) is 0 Å². The van der Waals surface area contributed by atoms with Gasteiger partial charge in [-0.25, -0.2) is 0 Å². The van der Waals surface area contributed by atoms with Gasteiger partial charge in [0.2, 0.25) is 5.91 Å². The fourth-order valence-electron chi connectivity index (χ4n) is 2.79.